The first-order chi connectivity index (χ1) is 12.8. The summed E-state index contributed by atoms with van der Waals surface area (Å²) in [7, 11) is 0. The molecule has 0 aliphatic heterocycles. The standard InChI is InChI=1S/C16H9ClF6N2O3/c17-10-1-2-12(26)11(6-10)14(28)25-24-13(27)7-3-8(15(18,19)20)5-9(4-7)16(21,22)23/h1-6,26H,(H,24,27)(H,25,28). The number of hydrogen-bond acceptors (Lipinski definition) is 3. The van der Waals surface area contributed by atoms with Gasteiger partial charge in [-0.1, -0.05) is 11.6 Å². The van der Waals surface area contributed by atoms with Gasteiger partial charge in [-0.3, -0.25) is 20.4 Å². The van der Waals surface area contributed by atoms with Crippen molar-refractivity contribution < 1.29 is 41.0 Å². The zero-order valence-corrected chi connectivity index (χ0v) is 14.1. The Morgan fingerprint density at radius 1 is 0.821 bits per heavy atom. The Balaban J connectivity index is 2.26. The number of hydrazine groups is 1. The molecule has 3 N–H and O–H groups in total. The van der Waals surface area contributed by atoms with Crippen LogP contribution in [0.3, 0.4) is 0 Å². The van der Waals surface area contributed by atoms with Crippen LogP contribution in [0, 0.1) is 0 Å². The van der Waals surface area contributed by atoms with E-state index in [0.717, 1.165) is 12.1 Å². The van der Waals surface area contributed by atoms with Gasteiger partial charge in [0.15, 0.2) is 0 Å². The van der Waals surface area contributed by atoms with Gasteiger partial charge >= 0.3 is 12.4 Å². The summed E-state index contributed by atoms with van der Waals surface area (Å²) >= 11 is 5.65. The summed E-state index contributed by atoms with van der Waals surface area (Å²) in [5, 5.41) is 9.61. The first-order valence-corrected chi connectivity index (χ1v) is 7.55. The molecule has 5 nitrogen and oxygen atoms in total. The summed E-state index contributed by atoms with van der Waals surface area (Å²) in [6.45, 7) is 0. The van der Waals surface area contributed by atoms with E-state index in [1.54, 1.807) is 10.9 Å². The normalized spacial score (nSPS) is 11.8. The minimum atomic E-state index is -5.13. The van der Waals surface area contributed by atoms with E-state index < -0.39 is 46.6 Å². The highest BCUT2D eigenvalue weighted by atomic mass is 35.5. The van der Waals surface area contributed by atoms with E-state index in [9.17, 15) is 41.0 Å². The second kappa shape index (κ2) is 7.58. The summed E-state index contributed by atoms with van der Waals surface area (Å²) in [5.74, 6) is -3.06. The number of aromatic hydroxyl groups is 1. The third-order valence-corrected chi connectivity index (χ3v) is 3.58. The fraction of sp³-hybridized carbons (Fsp3) is 0.125. The quantitative estimate of drug-likeness (QED) is 0.498. The van der Waals surface area contributed by atoms with Gasteiger partial charge in [0.1, 0.15) is 5.75 Å². The third-order valence-electron chi connectivity index (χ3n) is 3.34. The van der Waals surface area contributed by atoms with Gasteiger partial charge in [0.05, 0.1) is 16.7 Å². The molecule has 0 bridgehead atoms. The molecule has 0 fully saturated rings. The predicted molar refractivity (Wildman–Crippen MR) is 84.5 cm³/mol. The topological polar surface area (TPSA) is 78.4 Å². The monoisotopic (exact) mass is 426 g/mol. The molecule has 12 heteroatoms. The maximum Gasteiger partial charge on any atom is 0.416 e. The number of phenolic OH excluding ortho intramolecular Hbond substituents is 1. The molecule has 0 saturated heterocycles. The van der Waals surface area contributed by atoms with Gasteiger partial charge in [-0.15, -0.1) is 0 Å². The van der Waals surface area contributed by atoms with Crippen LogP contribution in [0.5, 0.6) is 5.75 Å². The van der Waals surface area contributed by atoms with Crippen molar-refractivity contribution in [2.24, 2.45) is 0 Å². The average Bonchev–Trinajstić information content (AvgIpc) is 2.59. The first kappa shape index (κ1) is 21.4. The smallest absolute Gasteiger partial charge is 0.416 e. The van der Waals surface area contributed by atoms with E-state index in [1.807, 2.05) is 0 Å². The van der Waals surface area contributed by atoms with Gasteiger partial charge in [-0.05, 0) is 36.4 Å². The number of halogens is 7. The molecule has 0 spiro atoms. The molecule has 2 aromatic rings. The average molecular weight is 427 g/mol. The van der Waals surface area contributed by atoms with Crippen LogP contribution < -0.4 is 10.9 Å². The van der Waals surface area contributed by atoms with Gasteiger partial charge < -0.3 is 5.11 Å². The molecular weight excluding hydrogens is 418 g/mol. The maximum absolute atomic E-state index is 12.8. The summed E-state index contributed by atoms with van der Waals surface area (Å²) in [6, 6.07) is 3.62. The van der Waals surface area contributed by atoms with Crippen molar-refractivity contribution >= 4 is 23.4 Å². The van der Waals surface area contributed by atoms with Gasteiger partial charge in [-0.25, -0.2) is 0 Å². The second-order valence-electron chi connectivity index (χ2n) is 5.36. The lowest BCUT2D eigenvalue weighted by Gasteiger charge is -2.14. The SMILES string of the molecule is O=C(NNC(=O)c1cc(Cl)ccc1O)c1cc(C(F)(F)F)cc(C(F)(F)F)c1. The van der Waals surface area contributed by atoms with Crippen LogP contribution in [0.15, 0.2) is 36.4 Å². The minimum absolute atomic E-state index is 0.0574. The number of amides is 2. The molecular formula is C16H9ClF6N2O3. The molecule has 0 unspecified atom stereocenters. The Bertz CT molecular complexity index is 895. The highest BCUT2D eigenvalue weighted by Crippen LogP contribution is 2.36. The van der Waals surface area contributed by atoms with Crippen molar-refractivity contribution in [2.75, 3.05) is 0 Å². The van der Waals surface area contributed by atoms with Crippen LogP contribution in [0.1, 0.15) is 31.8 Å². The number of alkyl halides is 6. The minimum Gasteiger partial charge on any atom is -0.507 e. The van der Waals surface area contributed by atoms with Gasteiger partial charge in [0.2, 0.25) is 0 Å². The summed E-state index contributed by atoms with van der Waals surface area (Å²) in [5.41, 5.74) is -1.31. The molecule has 0 saturated carbocycles. The number of carbonyl (C=O) groups is 2. The first-order valence-electron chi connectivity index (χ1n) is 7.17. The Kier molecular flexibility index (Phi) is 5.78. The molecule has 0 aliphatic rings. The number of phenols is 1. The van der Waals surface area contributed by atoms with Crippen LogP contribution in [-0.2, 0) is 12.4 Å². The lowest BCUT2D eigenvalue weighted by Crippen LogP contribution is -2.41. The summed E-state index contributed by atoms with van der Waals surface area (Å²) in [4.78, 5) is 23.8. The number of rotatable bonds is 2. The third kappa shape index (κ3) is 5.06. The number of hydrogen-bond donors (Lipinski definition) is 3. The van der Waals surface area contributed by atoms with Crippen LogP contribution in [0.4, 0.5) is 26.3 Å². The largest absolute Gasteiger partial charge is 0.507 e. The zero-order valence-electron chi connectivity index (χ0n) is 13.4. The molecule has 0 heterocycles. The van der Waals surface area contributed by atoms with Gasteiger partial charge in [0.25, 0.3) is 11.8 Å². The molecule has 150 valence electrons. The molecule has 2 aromatic carbocycles. The number of carbonyl (C=O) groups excluding carboxylic acids is 2. The van der Waals surface area contributed by atoms with Crippen molar-refractivity contribution in [1.29, 1.82) is 0 Å². The van der Waals surface area contributed by atoms with E-state index in [0.29, 0.717) is 0 Å². The van der Waals surface area contributed by atoms with Crippen molar-refractivity contribution in [3.63, 3.8) is 0 Å². The molecule has 0 radical (unpaired) electrons. The Morgan fingerprint density at radius 2 is 1.32 bits per heavy atom. The van der Waals surface area contributed by atoms with Gasteiger partial charge in [-0.2, -0.15) is 26.3 Å². The lowest BCUT2D eigenvalue weighted by molar-refractivity contribution is -0.143. The second-order valence-corrected chi connectivity index (χ2v) is 5.80. The van der Waals surface area contributed by atoms with Crippen molar-refractivity contribution in [3.05, 3.63) is 63.7 Å². The lowest BCUT2D eigenvalue weighted by atomic mass is 10.0. The van der Waals surface area contributed by atoms with E-state index in [2.05, 4.69) is 0 Å². The molecule has 0 aromatic heterocycles. The predicted octanol–water partition coefficient (Wildman–Crippen LogP) is 4.16. The molecule has 2 rings (SSSR count). The molecule has 0 aliphatic carbocycles. The highest BCUT2D eigenvalue weighted by Gasteiger charge is 2.37. The van der Waals surface area contributed by atoms with Crippen LogP contribution in [0.2, 0.25) is 5.02 Å². The van der Waals surface area contributed by atoms with E-state index in [4.69, 9.17) is 11.6 Å². The van der Waals surface area contributed by atoms with Crippen molar-refractivity contribution in [1.82, 2.24) is 10.9 Å². The van der Waals surface area contributed by atoms with E-state index in [1.165, 1.54) is 6.07 Å². The molecule has 28 heavy (non-hydrogen) atoms. The maximum atomic E-state index is 12.8. The van der Waals surface area contributed by atoms with Crippen molar-refractivity contribution in [3.8, 4) is 5.75 Å². The highest BCUT2D eigenvalue weighted by molar-refractivity contribution is 6.31. The fourth-order valence-electron chi connectivity index (χ4n) is 2.03. The van der Waals surface area contributed by atoms with E-state index >= 15 is 0 Å². The van der Waals surface area contributed by atoms with Gasteiger partial charge in [0, 0.05) is 10.6 Å². The summed E-state index contributed by atoms with van der Waals surface area (Å²) in [6.07, 6.45) is -10.3. The Labute approximate surface area is 157 Å². The van der Waals surface area contributed by atoms with Crippen molar-refractivity contribution in [2.45, 2.75) is 12.4 Å². The number of benzene rings is 2. The van der Waals surface area contributed by atoms with Crippen LogP contribution in [-0.4, -0.2) is 16.9 Å². The molecule has 2 amide bonds. The fourth-order valence-corrected chi connectivity index (χ4v) is 2.20. The molecule has 0 atom stereocenters. The van der Waals surface area contributed by atoms with E-state index in [-0.39, 0.29) is 28.8 Å². The Morgan fingerprint density at radius 3 is 1.82 bits per heavy atom. The summed E-state index contributed by atoms with van der Waals surface area (Å²) < 4.78 is 76.8. The van der Waals surface area contributed by atoms with Crippen LogP contribution >= 0.6 is 11.6 Å². The number of nitrogens with one attached hydrogen (secondary N) is 2. The van der Waals surface area contributed by atoms with Crippen LogP contribution in [0.25, 0.3) is 0 Å². The Hall–Kier alpha value is -2.95. The zero-order chi connectivity index (χ0) is 21.3.